The first kappa shape index (κ1) is 35.9. The summed E-state index contributed by atoms with van der Waals surface area (Å²) < 4.78 is 45.6. The summed E-state index contributed by atoms with van der Waals surface area (Å²) >= 11 is 0. The van der Waals surface area contributed by atoms with Crippen molar-refractivity contribution >= 4 is 23.6 Å². The number of hydrogen-bond acceptors (Lipinski definition) is 5. The molecule has 7 nitrogen and oxygen atoms in total. The number of morpholine rings is 1. The van der Waals surface area contributed by atoms with E-state index in [0.29, 0.717) is 45.0 Å². The van der Waals surface area contributed by atoms with Crippen molar-refractivity contribution < 1.29 is 27.5 Å². The number of piperazine rings is 1. The molecule has 0 unspecified atom stereocenters. The Kier molecular flexibility index (Phi) is 11.9. The largest absolute Gasteiger partial charge is 0.416 e. The van der Waals surface area contributed by atoms with Crippen LogP contribution in [0.1, 0.15) is 27.8 Å². The molecule has 2 aliphatic rings. The van der Waals surface area contributed by atoms with E-state index >= 15 is 0 Å². The minimum Gasteiger partial charge on any atom is -0.378 e. The molecule has 4 aromatic carbocycles. The Hall–Kier alpha value is -4.93. The lowest BCUT2D eigenvalue weighted by atomic mass is 9.88. The zero-order valence-corrected chi connectivity index (χ0v) is 28.5. The van der Waals surface area contributed by atoms with E-state index in [4.69, 9.17) is 4.74 Å². The quantitative estimate of drug-likeness (QED) is 0.183. The fourth-order valence-electron chi connectivity index (χ4n) is 6.57. The third-order valence-electron chi connectivity index (χ3n) is 9.48. The second-order valence-corrected chi connectivity index (χ2v) is 13.0. The number of nitrogens with zero attached hydrogens (tertiary/aromatic N) is 3. The van der Waals surface area contributed by atoms with Crippen molar-refractivity contribution in [2.75, 3.05) is 57.4 Å². The number of nitrogens with one attached hydrogen (secondary N) is 1. The minimum absolute atomic E-state index is 0.179. The van der Waals surface area contributed by atoms with E-state index in [2.05, 4.69) is 27.2 Å². The summed E-state index contributed by atoms with van der Waals surface area (Å²) in [4.78, 5) is 35.0. The maximum Gasteiger partial charge on any atom is 0.416 e. The molecule has 2 amide bonds. The van der Waals surface area contributed by atoms with E-state index in [1.807, 2.05) is 77.7 Å². The molecule has 2 fully saturated rings. The Morgan fingerprint density at radius 2 is 1.33 bits per heavy atom. The highest BCUT2D eigenvalue weighted by Crippen LogP contribution is 2.30. The van der Waals surface area contributed by atoms with Crippen LogP contribution < -0.4 is 10.2 Å². The van der Waals surface area contributed by atoms with Crippen LogP contribution in [-0.4, -0.2) is 74.1 Å². The van der Waals surface area contributed by atoms with E-state index in [1.54, 1.807) is 6.08 Å². The minimum atomic E-state index is -4.49. The van der Waals surface area contributed by atoms with Gasteiger partial charge in [0.25, 0.3) is 0 Å². The van der Waals surface area contributed by atoms with Crippen LogP contribution in [0.3, 0.4) is 0 Å². The van der Waals surface area contributed by atoms with Gasteiger partial charge in [-0.05, 0) is 59.0 Å². The smallest absolute Gasteiger partial charge is 0.378 e. The fraction of sp³-hybridized carbons (Fsp3) is 0.317. The number of hydrogen-bond donors (Lipinski definition) is 1. The first-order chi connectivity index (χ1) is 24.7. The standard InChI is InChI=1S/C41H43F3N4O3/c42-41(43,44)35-15-11-32(12-16-35)27-37(39(49)45-29-33-13-17-36(18-14-33)47-23-25-51-26-24-47)38(28-31-7-3-1-4-8-31)40(50)48-21-19-46(20-22-48)30-34-9-5-2-6-10-34/h1-18,27,38H,19-26,28-30H2,(H,45,49)/t38-/m0/s1. The Morgan fingerprint density at radius 1 is 0.725 bits per heavy atom. The number of alkyl halides is 3. The second kappa shape index (κ2) is 16.9. The Morgan fingerprint density at radius 3 is 1.94 bits per heavy atom. The number of carbonyl (C=O) groups excluding carboxylic acids is 2. The van der Waals surface area contributed by atoms with Gasteiger partial charge in [0.15, 0.2) is 0 Å². The second-order valence-electron chi connectivity index (χ2n) is 13.0. The topological polar surface area (TPSA) is 65.1 Å². The first-order valence-electron chi connectivity index (χ1n) is 17.4. The van der Waals surface area contributed by atoms with Gasteiger partial charge in [-0.1, -0.05) is 84.9 Å². The molecule has 266 valence electrons. The fourth-order valence-corrected chi connectivity index (χ4v) is 6.57. The lowest BCUT2D eigenvalue weighted by Gasteiger charge is -2.37. The zero-order chi connectivity index (χ0) is 35.6. The van der Waals surface area contributed by atoms with Crippen molar-refractivity contribution in [1.29, 1.82) is 0 Å². The molecule has 1 N–H and O–H groups in total. The molecule has 0 radical (unpaired) electrons. The van der Waals surface area contributed by atoms with Gasteiger partial charge < -0.3 is 19.9 Å². The molecule has 0 aliphatic carbocycles. The van der Waals surface area contributed by atoms with Gasteiger partial charge in [-0.15, -0.1) is 0 Å². The highest BCUT2D eigenvalue weighted by molar-refractivity contribution is 6.04. The first-order valence-corrected chi connectivity index (χ1v) is 17.4. The predicted molar refractivity (Wildman–Crippen MR) is 193 cm³/mol. The molecule has 1 atom stereocenters. The molecule has 51 heavy (non-hydrogen) atoms. The number of rotatable bonds is 11. The van der Waals surface area contributed by atoms with Gasteiger partial charge in [-0.2, -0.15) is 13.2 Å². The number of carbonyl (C=O) groups is 2. The highest BCUT2D eigenvalue weighted by Gasteiger charge is 2.34. The van der Waals surface area contributed by atoms with E-state index in [9.17, 15) is 22.8 Å². The molecule has 0 saturated carbocycles. The number of halogens is 3. The van der Waals surface area contributed by atoms with E-state index in [1.165, 1.54) is 17.7 Å². The SMILES string of the molecule is O=C(NCc1ccc(N2CCOCC2)cc1)C(=Cc1ccc(C(F)(F)F)cc1)[C@H](Cc1ccccc1)C(=O)N1CCN(Cc2ccccc2)CC1. The third-order valence-corrected chi connectivity index (χ3v) is 9.48. The van der Waals surface area contributed by atoms with Gasteiger partial charge in [0.1, 0.15) is 0 Å². The van der Waals surface area contributed by atoms with Crippen molar-refractivity contribution in [2.45, 2.75) is 25.7 Å². The lowest BCUT2D eigenvalue weighted by molar-refractivity contribution is -0.138. The van der Waals surface area contributed by atoms with Crippen LogP contribution in [0, 0.1) is 5.92 Å². The van der Waals surface area contributed by atoms with Gasteiger partial charge >= 0.3 is 6.18 Å². The molecular weight excluding hydrogens is 653 g/mol. The number of ether oxygens (including phenoxy) is 1. The zero-order valence-electron chi connectivity index (χ0n) is 28.5. The maximum atomic E-state index is 14.5. The van der Waals surface area contributed by atoms with Gasteiger partial charge in [0.05, 0.1) is 24.7 Å². The number of anilines is 1. The number of amides is 2. The maximum absolute atomic E-state index is 14.5. The van der Waals surface area contributed by atoms with Crippen LogP contribution in [0.25, 0.3) is 6.08 Å². The van der Waals surface area contributed by atoms with Gasteiger partial charge in [0, 0.05) is 63.6 Å². The van der Waals surface area contributed by atoms with Crippen LogP contribution in [0.5, 0.6) is 0 Å². The van der Waals surface area contributed by atoms with Crippen LogP contribution in [0.4, 0.5) is 18.9 Å². The lowest BCUT2D eigenvalue weighted by Crippen LogP contribution is -2.51. The van der Waals surface area contributed by atoms with Crippen molar-refractivity contribution in [2.24, 2.45) is 5.92 Å². The summed E-state index contributed by atoms with van der Waals surface area (Å²) in [7, 11) is 0. The molecule has 10 heteroatoms. The highest BCUT2D eigenvalue weighted by atomic mass is 19.4. The van der Waals surface area contributed by atoms with Crippen LogP contribution in [-0.2, 0) is 40.0 Å². The molecule has 2 saturated heterocycles. The van der Waals surface area contributed by atoms with Crippen LogP contribution in [0.2, 0.25) is 0 Å². The van der Waals surface area contributed by atoms with Crippen molar-refractivity contribution in [3.05, 3.63) is 143 Å². The molecular formula is C41H43F3N4O3. The molecule has 2 heterocycles. The summed E-state index contributed by atoms with van der Waals surface area (Å²) in [5.41, 5.74) is 3.87. The third kappa shape index (κ3) is 9.86. The molecule has 4 aromatic rings. The molecule has 0 aromatic heterocycles. The van der Waals surface area contributed by atoms with E-state index in [0.717, 1.165) is 48.6 Å². The summed E-state index contributed by atoms with van der Waals surface area (Å²) in [5, 5.41) is 3.01. The van der Waals surface area contributed by atoms with Gasteiger partial charge in [-0.25, -0.2) is 0 Å². The number of benzene rings is 4. The molecule has 6 rings (SSSR count). The van der Waals surface area contributed by atoms with Crippen molar-refractivity contribution in [3.63, 3.8) is 0 Å². The monoisotopic (exact) mass is 696 g/mol. The molecule has 0 spiro atoms. The Labute approximate surface area is 297 Å². The average molecular weight is 697 g/mol. The summed E-state index contributed by atoms with van der Waals surface area (Å²) in [5.74, 6) is -1.48. The molecule has 0 bridgehead atoms. The van der Waals surface area contributed by atoms with Crippen LogP contribution >= 0.6 is 0 Å². The molecule has 2 aliphatic heterocycles. The Balaban J connectivity index is 1.25. The van der Waals surface area contributed by atoms with Crippen LogP contribution in [0.15, 0.2) is 115 Å². The predicted octanol–water partition coefficient (Wildman–Crippen LogP) is 6.45. The summed E-state index contributed by atoms with van der Waals surface area (Å²) in [6.45, 7) is 6.36. The van der Waals surface area contributed by atoms with Crippen molar-refractivity contribution in [3.8, 4) is 0 Å². The summed E-state index contributed by atoms with van der Waals surface area (Å²) in [6.07, 6.45) is -2.67. The van der Waals surface area contributed by atoms with Gasteiger partial charge in [-0.3, -0.25) is 14.5 Å². The normalized spacial score (nSPS) is 16.5. The Bertz CT molecular complexity index is 1750. The van der Waals surface area contributed by atoms with E-state index in [-0.39, 0.29) is 24.4 Å². The average Bonchev–Trinajstić information content (AvgIpc) is 3.16. The van der Waals surface area contributed by atoms with Crippen molar-refractivity contribution in [1.82, 2.24) is 15.1 Å². The van der Waals surface area contributed by atoms with Gasteiger partial charge in [0.2, 0.25) is 11.8 Å². The summed E-state index contributed by atoms with van der Waals surface area (Å²) in [6, 6.07) is 32.3. The van der Waals surface area contributed by atoms with E-state index < -0.39 is 23.6 Å².